The van der Waals surface area contributed by atoms with Crippen molar-refractivity contribution in [3.05, 3.63) is 70.9 Å². The standard InChI is InChI=1S/C19H16N2O3S/c22-18(10-9-17-6-3-11-25-17)20-21-19(23)13-24-16-8-7-14-4-1-2-5-15(14)12-16/h1-12H,13H2,(H,20,22)(H,21,23)/b10-9+. The molecule has 3 rings (SSSR count). The maximum atomic E-state index is 11.7. The van der Waals surface area contributed by atoms with Crippen molar-refractivity contribution in [2.45, 2.75) is 0 Å². The number of carbonyl (C=O) groups is 2. The fraction of sp³-hybridized carbons (Fsp3) is 0.0526. The third-order valence-electron chi connectivity index (χ3n) is 3.36. The maximum Gasteiger partial charge on any atom is 0.276 e. The molecule has 0 saturated carbocycles. The molecular weight excluding hydrogens is 336 g/mol. The fourth-order valence-electron chi connectivity index (χ4n) is 2.16. The van der Waals surface area contributed by atoms with Crippen molar-refractivity contribution in [1.82, 2.24) is 10.9 Å². The average molecular weight is 352 g/mol. The van der Waals surface area contributed by atoms with Gasteiger partial charge >= 0.3 is 0 Å². The summed E-state index contributed by atoms with van der Waals surface area (Å²) in [7, 11) is 0. The van der Waals surface area contributed by atoms with E-state index >= 15 is 0 Å². The molecule has 0 saturated heterocycles. The number of hydrogen-bond acceptors (Lipinski definition) is 4. The predicted molar refractivity (Wildman–Crippen MR) is 99.1 cm³/mol. The van der Waals surface area contributed by atoms with Gasteiger partial charge in [0.15, 0.2) is 6.61 Å². The lowest BCUT2D eigenvalue weighted by molar-refractivity contribution is -0.128. The smallest absolute Gasteiger partial charge is 0.276 e. The normalized spacial score (nSPS) is 10.7. The van der Waals surface area contributed by atoms with E-state index in [0.29, 0.717) is 5.75 Å². The van der Waals surface area contributed by atoms with Gasteiger partial charge in [-0.3, -0.25) is 20.4 Å². The third kappa shape index (κ3) is 4.92. The van der Waals surface area contributed by atoms with E-state index in [-0.39, 0.29) is 6.61 Å². The monoisotopic (exact) mass is 352 g/mol. The minimum Gasteiger partial charge on any atom is -0.484 e. The molecule has 0 radical (unpaired) electrons. The van der Waals surface area contributed by atoms with Crippen LogP contribution in [0.2, 0.25) is 0 Å². The molecule has 2 N–H and O–H groups in total. The summed E-state index contributed by atoms with van der Waals surface area (Å²) in [5.41, 5.74) is 4.62. The summed E-state index contributed by atoms with van der Waals surface area (Å²) >= 11 is 1.52. The Hall–Kier alpha value is -3.12. The van der Waals surface area contributed by atoms with E-state index in [4.69, 9.17) is 4.74 Å². The second-order valence-electron chi connectivity index (χ2n) is 5.18. The van der Waals surface area contributed by atoms with Crippen LogP contribution in [-0.4, -0.2) is 18.4 Å². The Morgan fingerprint density at radius 2 is 1.84 bits per heavy atom. The first kappa shape index (κ1) is 16.7. The van der Waals surface area contributed by atoms with Gasteiger partial charge in [-0.05, 0) is 40.4 Å². The summed E-state index contributed by atoms with van der Waals surface area (Å²) in [5, 5.41) is 4.06. The number of amides is 2. The van der Waals surface area contributed by atoms with Crippen LogP contribution in [0.3, 0.4) is 0 Å². The van der Waals surface area contributed by atoms with Crippen LogP contribution in [0.15, 0.2) is 66.1 Å². The van der Waals surface area contributed by atoms with Crippen LogP contribution in [0.1, 0.15) is 4.88 Å². The van der Waals surface area contributed by atoms with Crippen molar-refractivity contribution >= 4 is 40.0 Å². The highest BCUT2D eigenvalue weighted by Gasteiger charge is 2.04. The molecule has 0 atom stereocenters. The number of hydrazine groups is 1. The van der Waals surface area contributed by atoms with Crippen LogP contribution in [0.5, 0.6) is 5.75 Å². The summed E-state index contributed by atoms with van der Waals surface area (Å²) < 4.78 is 5.45. The molecule has 1 aromatic heterocycles. The number of thiophene rings is 1. The molecule has 0 aliphatic rings. The van der Waals surface area contributed by atoms with Gasteiger partial charge in [0, 0.05) is 11.0 Å². The van der Waals surface area contributed by atoms with Gasteiger partial charge < -0.3 is 4.74 Å². The SMILES string of the molecule is O=C(/C=C/c1cccs1)NNC(=O)COc1ccc2ccccc2c1. The molecule has 3 aromatic rings. The second kappa shape index (κ2) is 8.12. The maximum absolute atomic E-state index is 11.7. The zero-order valence-corrected chi connectivity index (χ0v) is 14.1. The van der Waals surface area contributed by atoms with E-state index in [1.165, 1.54) is 17.4 Å². The Kier molecular flexibility index (Phi) is 5.43. The molecule has 2 amide bonds. The zero-order valence-electron chi connectivity index (χ0n) is 13.3. The number of fused-ring (bicyclic) bond motifs is 1. The van der Waals surface area contributed by atoms with E-state index in [1.807, 2.05) is 53.9 Å². The average Bonchev–Trinajstić information content (AvgIpc) is 3.16. The molecular formula is C19H16N2O3S. The second-order valence-corrected chi connectivity index (χ2v) is 6.16. The molecule has 0 unspecified atom stereocenters. The number of hydrogen-bond donors (Lipinski definition) is 2. The lowest BCUT2D eigenvalue weighted by Crippen LogP contribution is -2.43. The Morgan fingerprint density at radius 1 is 1.00 bits per heavy atom. The van der Waals surface area contributed by atoms with E-state index in [0.717, 1.165) is 15.6 Å². The highest BCUT2D eigenvalue weighted by atomic mass is 32.1. The molecule has 6 heteroatoms. The summed E-state index contributed by atoms with van der Waals surface area (Å²) in [4.78, 5) is 24.3. The van der Waals surface area contributed by atoms with Gasteiger partial charge in [0.2, 0.25) is 0 Å². The molecule has 0 fully saturated rings. The molecule has 0 spiro atoms. The molecule has 0 aliphatic carbocycles. The molecule has 0 bridgehead atoms. The summed E-state index contributed by atoms with van der Waals surface area (Å²) in [6.07, 6.45) is 3.04. The molecule has 5 nitrogen and oxygen atoms in total. The van der Waals surface area contributed by atoms with Gasteiger partial charge in [0.25, 0.3) is 11.8 Å². The van der Waals surface area contributed by atoms with E-state index in [9.17, 15) is 9.59 Å². The van der Waals surface area contributed by atoms with Crippen LogP contribution < -0.4 is 15.6 Å². The number of nitrogens with one attached hydrogen (secondary N) is 2. The van der Waals surface area contributed by atoms with Crippen molar-refractivity contribution in [2.24, 2.45) is 0 Å². The van der Waals surface area contributed by atoms with Crippen LogP contribution >= 0.6 is 11.3 Å². The number of ether oxygens (including phenoxy) is 1. The van der Waals surface area contributed by atoms with Gasteiger partial charge in [-0.15, -0.1) is 11.3 Å². The Labute approximate surface area is 148 Å². The molecule has 1 heterocycles. The number of carbonyl (C=O) groups excluding carboxylic acids is 2. The lowest BCUT2D eigenvalue weighted by Gasteiger charge is -2.08. The van der Waals surface area contributed by atoms with Crippen LogP contribution in [0.25, 0.3) is 16.8 Å². The topological polar surface area (TPSA) is 67.4 Å². The fourth-order valence-corrected chi connectivity index (χ4v) is 2.78. The summed E-state index contributed by atoms with van der Waals surface area (Å²) in [6.45, 7) is -0.187. The first-order valence-electron chi connectivity index (χ1n) is 7.63. The van der Waals surface area contributed by atoms with Crippen molar-refractivity contribution < 1.29 is 14.3 Å². The Morgan fingerprint density at radius 3 is 2.64 bits per heavy atom. The summed E-state index contributed by atoms with van der Waals surface area (Å²) in [6, 6.07) is 17.3. The van der Waals surface area contributed by atoms with Crippen LogP contribution in [-0.2, 0) is 9.59 Å². The minimum atomic E-state index is -0.439. The largest absolute Gasteiger partial charge is 0.484 e. The van der Waals surface area contributed by atoms with Gasteiger partial charge in [0.1, 0.15) is 5.75 Å². The first-order chi connectivity index (χ1) is 12.2. The quantitative estimate of drug-likeness (QED) is 0.548. The lowest BCUT2D eigenvalue weighted by atomic mass is 10.1. The molecule has 25 heavy (non-hydrogen) atoms. The van der Waals surface area contributed by atoms with Gasteiger partial charge in [-0.1, -0.05) is 36.4 Å². The predicted octanol–water partition coefficient (Wildman–Crippen LogP) is 3.14. The Bertz CT molecular complexity index is 904. The van der Waals surface area contributed by atoms with Gasteiger partial charge in [-0.25, -0.2) is 0 Å². The van der Waals surface area contributed by atoms with E-state index in [2.05, 4.69) is 10.9 Å². The minimum absolute atomic E-state index is 0.187. The van der Waals surface area contributed by atoms with Crippen LogP contribution in [0, 0.1) is 0 Å². The number of rotatable bonds is 5. The Balaban J connectivity index is 1.45. The van der Waals surface area contributed by atoms with E-state index < -0.39 is 11.8 Å². The molecule has 2 aromatic carbocycles. The van der Waals surface area contributed by atoms with Crippen molar-refractivity contribution in [1.29, 1.82) is 0 Å². The molecule has 0 aliphatic heterocycles. The first-order valence-corrected chi connectivity index (χ1v) is 8.51. The number of benzene rings is 2. The summed E-state index contributed by atoms with van der Waals surface area (Å²) in [5.74, 6) is -0.253. The molecule has 126 valence electrons. The van der Waals surface area contributed by atoms with Crippen molar-refractivity contribution in [3.63, 3.8) is 0 Å². The third-order valence-corrected chi connectivity index (χ3v) is 4.20. The van der Waals surface area contributed by atoms with Crippen molar-refractivity contribution in [3.8, 4) is 5.75 Å². The van der Waals surface area contributed by atoms with Crippen LogP contribution in [0.4, 0.5) is 0 Å². The van der Waals surface area contributed by atoms with Crippen molar-refractivity contribution in [2.75, 3.05) is 6.61 Å². The highest BCUT2D eigenvalue weighted by molar-refractivity contribution is 7.10. The van der Waals surface area contributed by atoms with Gasteiger partial charge in [-0.2, -0.15) is 0 Å². The van der Waals surface area contributed by atoms with Gasteiger partial charge in [0.05, 0.1) is 0 Å². The highest BCUT2D eigenvalue weighted by Crippen LogP contribution is 2.20. The van der Waals surface area contributed by atoms with E-state index in [1.54, 1.807) is 12.1 Å². The zero-order chi connectivity index (χ0) is 17.5.